The fraction of sp³-hybridized carbons (Fsp3) is 0.724. The molecule has 5 atom stereocenters. The van der Waals surface area contributed by atoms with Gasteiger partial charge in [0.1, 0.15) is 17.7 Å². The number of fused-ring (bicyclic) bond motifs is 3. The van der Waals surface area contributed by atoms with Gasteiger partial charge in [-0.15, -0.1) is 6.58 Å². The normalized spacial score (nSPS) is 28.5. The van der Waals surface area contributed by atoms with Gasteiger partial charge in [0.15, 0.2) is 0 Å². The number of Topliss-reactive ketones (excluding diaryl/α,β-unsaturated/α-hetero) is 1. The summed E-state index contributed by atoms with van der Waals surface area (Å²) in [5.41, 5.74) is -1.00. The van der Waals surface area contributed by atoms with Gasteiger partial charge < -0.3 is 35.6 Å². The first-order valence-corrected chi connectivity index (χ1v) is 14.6. The van der Waals surface area contributed by atoms with Crippen LogP contribution in [0.15, 0.2) is 12.7 Å². The highest BCUT2D eigenvalue weighted by Gasteiger charge is 2.69. The van der Waals surface area contributed by atoms with Crippen LogP contribution in [0.2, 0.25) is 0 Å². The maximum Gasteiger partial charge on any atom is 0.408 e. The quantitative estimate of drug-likeness (QED) is 0.274. The van der Waals surface area contributed by atoms with E-state index < -0.39 is 59.4 Å². The summed E-state index contributed by atoms with van der Waals surface area (Å²) < 4.78 is 10.6. The number of nitrogens with zero attached hydrogens (tertiary/aromatic N) is 1. The van der Waals surface area contributed by atoms with Crippen LogP contribution in [-0.2, 0) is 28.7 Å². The largest absolute Gasteiger partial charge is 0.450 e. The summed E-state index contributed by atoms with van der Waals surface area (Å²) in [5, 5.41) is 10.5. The molecule has 0 aromatic carbocycles. The Bertz CT molecular complexity index is 1080. The lowest BCUT2D eigenvalue weighted by molar-refractivity contribution is -0.144. The van der Waals surface area contributed by atoms with E-state index in [1.54, 1.807) is 20.8 Å². The van der Waals surface area contributed by atoms with E-state index >= 15 is 0 Å². The van der Waals surface area contributed by atoms with Crippen molar-refractivity contribution in [2.45, 2.75) is 90.4 Å². The third-order valence-electron chi connectivity index (χ3n) is 8.07. The van der Waals surface area contributed by atoms with Crippen LogP contribution in [0, 0.1) is 17.3 Å². The molecule has 0 aromatic rings. The van der Waals surface area contributed by atoms with Crippen LogP contribution in [0.3, 0.4) is 0 Å². The van der Waals surface area contributed by atoms with Crippen molar-refractivity contribution in [1.29, 1.82) is 0 Å². The lowest BCUT2D eigenvalue weighted by atomic mass is 9.98. The predicted octanol–water partition coefficient (Wildman–Crippen LogP) is 1.41. The Labute approximate surface area is 246 Å². The SMILES string of the molecule is C=CCNC(=O)C(=O)[C@H]1CCCCNC(=O)OCCC[C@@H](NC(=O)OC(C)(C)C)C(=O)N2C[C@H]3[C@@H]([C@H]2C(=O)N1)C3(C)C. The number of cyclic esters (lactones) is 1. The lowest BCUT2D eigenvalue weighted by Crippen LogP contribution is -2.58. The molecule has 0 radical (unpaired) electrons. The summed E-state index contributed by atoms with van der Waals surface area (Å²) in [4.78, 5) is 79.5. The van der Waals surface area contributed by atoms with E-state index in [1.165, 1.54) is 11.0 Å². The highest BCUT2D eigenvalue weighted by atomic mass is 16.6. The van der Waals surface area contributed by atoms with E-state index in [0.717, 1.165) is 0 Å². The highest BCUT2D eigenvalue weighted by molar-refractivity contribution is 6.38. The Morgan fingerprint density at radius 3 is 2.52 bits per heavy atom. The first-order valence-electron chi connectivity index (χ1n) is 14.6. The topological polar surface area (TPSA) is 172 Å². The van der Waals surface area contributed by atoms with Gasteiger partial charge in [-0.2, -0.15) is 0 Å². The Morgan fingerprint density at radius 2 is 1.86 bits per heavy atom. The Balaban J connectivity index is 1.89. The molecule has 2 heterocycles. The van der Waals surface area contributed by atoms with Crippen molar-refractivity contribution in [3.63, 3.8) is 0 Å². The summed E-state index contributed by atoms with van der Waals surface area (Å²) in [6.07, 6.45) is 1.51. The number of hydrogen-bond donors (Lipinski definition) is 4. The summed E-state index contributed by atoms with van der Waals surface area (Å²) in [6, 6.07) is -3.05. The molecule has 3 fully saturated rings. The molecule has 13 nitrogen and oxygen atoms in total. The Morgan fingerprint density at radius 1 is 1.14 bits per heavy atom. The summed E-state index contributed by atoms with van der Waals surface area (Å²) >= 11 is 0. The van der Waals surface area contributed by atoms with E-state index in [2.05, 4.69) is 27.8 Å². The van der Waals surface area contributed by atoms with Crippen molar-refractivity contribution in [2.24, 2.45) is 17.3 Å². The Kier molecular flexibility index (Phi) is 10.6. The standard InChI is InChI=1S/C29H45N5O8/c1-7-13-30-24(37)22(35)18-11-8-9-14-31-26(39)41-15-10-12-19(33-27(40)42-28(2,3)4)25(38)34-16-17-20(29(17,5)6)21(34)23(36)32-18/h7,17-21H,1,8-16H2,2-6H3,(H,30,37)(H,31,39)(H,32,36)(H,33,40)/t17-,18+,19+,20-,21-/m0/s1. The summed E-state index contributed by atoms with van der Waals surface area (Å²) in [5.74, 6) is -2.73. The molecule has 234 valence electrons. The number of rotatable bonds is 5. The number of carbonyl (C=O) groups is 6. The predicted molar refractivity (Wildman–Crippen MR) is 152 cm³/mol. The number of carbonyl (C=O) groups excluding carboxylic acids is 6. The molecule has 4 N–H and O–H groups in total. The van der Waals surface area contributed by atoms with Gasteiger partial charge in [0.05, 0.1) is 12.6 Å². The fourth-order valence-electron chi connectivity index (χ4n) is 5.82. The zero-order valence-electron chi connectivity index (χ0n) is 25.2. The average molecular weight is 592 g/mol. The molecule has 0 bridgehead atoms. The molecule has 1 saturated carbocycles. The minimum atomic E-state index is -1.13. The van der Waals surface area contributed by atoms with Crippen molar-refractivity contribution in [3.05, 3.63) is 12.7 Å². The van der Waals surface area contributed by atoms with Crippen molar-refractivity contribution >= 4 is 35.7 Å². The number of ether oxygens (including phenoxy) is 2. The molecule has 2 saturated heterocycles. The second-order valence-corrected chi connectivity index (χ2v) is 12.7. The molecule has 1 aliphatic carbocycles. The van der Waals surface area contributed by atoms with Crippen molar-refractivity contribution in [1.82, 2.24) is 26.2 Å². The van der Waals surface area contributed by atoms with Crippen molar-refractivity contribution in [3.8, 4) is 0 Å². The van der Waals surface area contributed by atoms with Gasteiger partial charge in [-0.3, -0.25) is 19.2 Å². The van der Waals surface area contributed by atoms with Crippen LogP contribution < -0.4 is 21.3 Å². The monoisotopic (exact) mass is 591 g/mol. The first kappa shape index (κ1) is 32.9. The Hall–Kier alpha value is -3.64. The molecular weight excluding hydrogens is 546 g/mol. The van der Waals surface area contributed by atoms with Crippen molar-refractivity contribution in [2.75, 3.05) is 26.2 Å². The van der Waals surface area contributed by atoms with E-state index in [-0.39, 0.29) is 56.2 Å². The third kappa shape index (κ3) is 8.22. The van der Waals surface area contributed by atoms with Crippen LogP contribution in [0.4, 0.5) is 9.59 Å². The maximum atomic E-state index is 13.9. The highest BCUT2D eigenvalue weighted by Crippen LogP contribution is 2.64. The number of piperidine rings is 1. The third-order valence-corrected chi connectivity index (χ3v) is 8.07. The molecule has 0 unspecified atom stereocenters. The average Bonchev–Trinajstić information content (AvgIpc) is 3.22. The van der Waals surface area contributed by atoms with Crippen LogP contribution in [0.1, 0.15) is 66.7 Å². The van der Waals surface area contributed by atoms with Crippen molar-refractivity contribution < 1.29 is 38.2 Å². The van der Waals surface area contributed by atoms with Gasteiger partial charge in [-0.1, -0.05) is 19.9 Å². The second-order valence-electron chi connectivity index (χ2n) is 12.7. The molecule has 0 aromatic heterocycles. The van der Waals surface area contributed by atoms with Gasteiger partial charge in [0.25, 0.3) is 5.91 Å². The molecule has 3 aliphatic rings. The van der Waals surface area contributed by atoms with E-state index in [0.29, 0.717) is 19.4 Å². The minimum Gasteiger partial charge on any atom is -0.450 e. The van der Waals surface area contributed by atoms with Gasteiger partial charge in [0.2, 0.25) is 17.6 Å². The van der Waals surface area contributed by atoms with Crippen LogP contribution in [-0.4, -0.2) is 90.6 Å². The smallest absolute Gasteiger partial charge is 0.408 e. The number of ketones is 1. The van der Waals surface area contributed by atoms with Crippen LogP contribution >= 0.6 is 0 Å². The number of hydrogen-bond acceptors (Lipinski definition) is 8. The van der Waals surface area contributed by atoms with E-state index in [1.807, 2.05) is 13.8 Å². The fourth-order valence-corrected chi connectivity index (χ4v) is 5.82. The van der Waals surface area contributed by atoms with Gasteiger partial charge in [-0.25, -0.2) is 9.59 Å². The minimum absolute atomic E-state index is 0.0181. The summed E-state index contributed by atoms with van der Waals surface area (Å²) in [7, 11) is 0. The molecule has 13 heteroatoms. The van der Waals surface area contributed by atoms with Gasteiger partial charge in [0, 0.05) is 19.6 Å². The van der Waals surface area contributed by atoms with Gasteiger partial charge in [-0.05, 0) is 70.1 Å². The van der Waals surface area contributed by atoms with Crippen LogP contribution in [0.25, 0.3) is 0 Å². The first-order chi connectivity index (χ1) is 19.7. The number of amides is 5. The molecule has 0 spiro atoms. The van der Waals surface area contributed by atoms with E-state index in [9.17, 15) is 28.8 Å². The molecule has 2 aliphatic heterocycles. The number of alkyl carbamates (subject to hydrolysis) is 2. The zero-order chi connectivity index (χ0) is 31.2. The molecule has 42 heavy (non-hydrogen) atoms. The van der Waals surface area contributed by atoms with Crippen LogP contribution in [0.5, 0.6) is 0 Å². The lowest BCUT2D eigenvalue weighted by Gasteiger charge is -2.34. The molecular formula is C29H45N5O8. The van der Waals surface area contributed by atoms with E-state index in [4.69, 9.17) is 9.47 Å². The van der Waals surface area contributed by atoms with Gasteiger partial charge >= 0.3 is 12.2 Å². The zero-order valence-corrected chi connectivity index (χ0v) is 25.2. The molecule has 5 amide bonds. The maximum absolute atomic E-state index is 13.9. The molecule has 3 rings (SSSR count). The summed E-state index contributed by atoms with van der Waals surface area (Å²) in [6.45, 7) is 13.4. The second kappa shape index (κ2) is 13.6. The number of nitrogens with one attached hydrogen (secondary N) is 4.